The number of pyridine rings is 1. The molecule has 0 aliphatic carbocycles. The highest BCUT2D eigenvalue weighted by Gasteiger charge is 2.37. The van der Waals surface area contributed by atoms with Crippen LogP contribution in [0.5, 0.6) is 0 Å². The van der Waals surface area contributed by atoms with E-state index in [0.29, 0.717) is 12.3 Å². The van der Waals surface area contributed by atoms with E-state index in [-0.39, 0.29) is 11.9 Å². The van der Waals surface area contributed by atoms with Crippen LogP contribution in [0.1, 0.15) is 23.7 Å². The van der Waals surface area contributed by atoms with E-state index in [1.807, 2.05) is 43.4 Å². The van der Waals surface area contributed by atoms with Gasteiger partial charge in [0.15, 0.2) is 0 Å². The first-order valence-electron chi connectivity index (χ1n) is 7.63. The fourth-order valence-electron chi connectivity index (χ4n) is 3.26. The molecule has 1 aliphatic heterocycles. The van der Waals surface area contributed by atoms with Gasteiger partial charge in [0.05, 0.1) is 6.04 Å². The van der Waals surface area contributed by atoms with Crippen LogP contribution in [0.25, 0.3) is 0 Å². The molecule has 1 fully saturated rings. The fraction of sp³-hybridized carbons (Fsp3) is 0.412. The van der Waals surface area contributed by atoms with Crippen molar-refractivity contribution >= 4 is 5.91 Å². The molecule has 1 aliphatic rings. The molecule has 2 aromatic rings. The Labute approximate surface area is 131 Å². The molecule has 2 aromatic heterocycles. The predicted octanol–water partition coefficient (Wildman–Crippen LogP) is 1.73. The lowest BCUT2D eigenvalue weighted by atomic mass is 9.94. The van der Waals surface area contributed by atoms with Crippen molar-refractivity contribution in [1.29, 1.82) is 0 Å². The van der Waals surface area contributed by atoms with E-state index in [4.69, 9.17) is 0 Å². The van der Waals surface area contributed by atoms with Crippen LogP contribution in [0, 0.1) is 5.92 Å². The molecule has 22 heavy (non-hydrogen) atoms. The van der Waals surface area contributed by atoms with E-state index in [9.17, 15) is 4.79 Å². The van der Waals surface area contributed by atoms with Gasteiger partial charge >= 0.3 is 0 Å². The Balaban J connectivity index is 1.66. The molecule has 0 unspecified atom stereocenters. The normalized spacial score (nSPS) is 21.5. The van der Waals surface area contributed by atoms with Crippen molar-refractivity contribution in [3.05, 3.63) is 54.1 Å². The van der Waals surface area contributed by atoms with E-state index in [0.717, 1.165) is 18.7 Å². The number of carbonyl (C=O) groups is 1. The minimum Gasteiger partial charge on any atom is -0.353 e. The molecule has 1 saturated heterocycles. The zero-order valence-electron chi connectivity index (χ0n) is 13.1. The second kappa shape index (κ2) is 6.32. The number of aryl methyl sites for hydroxylation is 1. The van der Waals surface area contributed by atoms with Gasteiger partial charge in [0.1, 0.15) is 0 Å². The van der Waals surface area contributed by atoms with E-state index in [1.54, 1.807) is 12.4 Å². The first-order valence-corrected chi connectivity index (χ1v) is 7.63. The van der Waals surface area contributed by atoms with Gasteiger partial charge in [-0.2, -0.15) is 0 Å². The summed E-state index contributed by atoms with van der Waals surface area (Å²) in [6, 6.07) is 8.30. The Morgan fingerprint density at radius 1 is 1.27 bits per heavy atom. The lowest BCUT2D eigenvalue weighted by Crippen LogP contribution is -2.29. The van der Waals surface area contributed by atoms with Crippen molar-refractivity contribution in [2.24, 2.45) is 13.0 Å². The maximum Gasteiger partial charge on any atom is 0.223 e. The minimum atomic E-state index is 0.136. The lowest BCUT2D eigenvalue weighted by molar-refractivity contribution is -0.127. The molecule has 3 rings (SSSR count). The third-order valence-corrected chi connectivity index (χ3v) is 4.51. The molecule has 1 amide bonds. The highest BCUT2D eigenvalue weighted by Crippen LogP contribution is 2.36. The number of nitrogens with one attached hydrogen (secondary N) is 1. The Kier molecular flexibility index (Phi) is 4.24. The molecular weight excluding hydrogens is 276 g/mol. The van der Waals surface area contributed by atoms with Crippen LogP contribution in [0.2, 0.25) is 0 Å². The molecule has 5 nitrogen and oxygen atoms in total. The van der Waals surface area contributed by atoms with Crippen LogP contribution in [0.4, 0.5) is 0 Å². The first-order chi connectivity index (χ1) is 10.7. The quantitative estimate of drug-likeness (QED) is 0.914. The van der Waals surface area contributed by atoms with Crippen molar-refractivity contribution in [1.82, 2.24) is 19.8 Å². The maximum absolute atomic E-state index is 12.1. The molecule has 0 aromatic carbocycles. The fourth-order valence-corrected chi connectivity index (χ4v) is 3.26. The number of likely N-dealkylation sites (tertiary alicyclic amines) is 1. The molecule has 2 atom stereocenters. The monoisotopic (exact) mass is 298 g/mol. The van der Waals surface area contributed by atoms with Crippen LogP contribution in [-0.2, 0) is 18.4 Å². The van der Waals surface area contributed by atoms with Crippen LogP contribution in [0.15, 0.2) is 42.9 Å². The van der Waals surface area contributed by atoms with E-state index >= 15 is 0 Å². The summed E-state index contributed by atoms with van der Waals surface area (Å²) in [5, 5.41) is 3.50. The average molecular weight is 298 g/mol. The third kappa shape index (κ3) is 2.90. The molecule has 0 radical (unpaired) electrons. The number of carbonyl (C=O) groups excluding carboxylic acids is 1. The van der Waals surface area contributed by atoms with Crippen molar-refractivity contribution < 1.29 is 4.79 Å². The molecule has 1 N–H and O–H groups in total. The second-order valence-corrected chi connectivity index (χ2v) is 5.94. The summed E-state index contributed by atoms with van der Waals surface area (Å²) < 4.78 is 2.11. The number of nitrogens with zero attached hydrogens (tertiary/aromatic N) is 3. The summed E-state index contributed by atoms with van der Waals surface area (Å²) in [7, 11) is 3.94. The molecule has 0 saturated carbocycles. The van der Waals surface area contributed by atoms with Crippen LogP contribution >= 0.6 is 0 Å². The molecular formula is C17H22N4O. The molecule has 116 valence electrons. The highest BCUT2D eigenvalue weighted by molar-refractivity contribution is 5.79. The Bertz CT molecular complexity index is 637. The minimum absolute atomic E-state index is 0.136. The van der Waals surface area contributed by atoms with Gasteiger partial charge in [0.2, 0.25) is 5.91 Å². The van der Waals surface area contributed by atoms with Gasteiger partial charge in [-0.3, -0.25) is 9.78 Å². The zero-order chi connectivity index (χ0) is 15.5. The summed E-state index contributed by atoms with van der Waals surface area (Å²) in [6.07, 6.45) is 6.23. The number of rotatable bonds is 5. The van der Waals surface area contributed by atoms with Gasteiger partial charge in [-0.1, -0.05) is 0 Å². The van der Waals surface area contributed by atoms with E-state index < -0.39 is 0 Å². The summed E-state index contributed by atoms with van der Waals surface area (Å²) in [5.74, 6) is 0.507. The highest BCUT2D eigenvalue weighted by atomic mass is 16.2. The molecule has 5 heteroatoms. The average Bonchev–Trinajstić information content (AvgIpc) is 3.05. The SMILES string of the molecule is CN1C(=O)C[C@@H](CNCc2cccn2C)[C@@H]1c1ccncc1. The van der Waals surface area contributed by atoms with E-state index in [2.05, 4.69) is 20.9 Å². The second-order valence-electron chi connectivity index (χ2n) is 5.94. The number of aromatic nitrogens is 2. The zero-order valence-corrected chi connectivity index (χ0v) is 13.1. The van der Waals surface area contributed by atoms with Crippen molar-refractivity contribution in [2.75, 3.05) is 13.6 Å². The molecule has 0 spiro atoms. The number of hydrogen-bond acceptors (Lipinski definition) is 3. The topological polar surface area (TPSA) is 50.2 Å². The maximum atomic E-state index is 12.1. The summed E-state index contributed by atoms with van der Waals surface area (Å²) >= 11 is 0. The van der Waals surface area contributed by atoms with Crippen molar-refractivity contribution in [2.45, 2.75) is 19.0 Å². The third-order valence-electron chi connectivity index (χ3n) is 4.51. The Hall–Kier alpha value is -2.14. The van der Waals surface area contributed by atoms with Gasteiger partial charge < -0.3 is 14.8 Å². The van der Waals surface area contributed by atoms with Crippen LogP contribution in [-0.4, -0.2) is 34.0 Å². The summed E-state index contributed by atoms with van der Waals surface area (Å²) in [5.41, 5.74) is 2.41. The van der Waals surface area contributed by atoms with Crippen molar-refractivity contribution in [3.8, 4) is 0 Å². The van der Waals surface area contributed by atoms with E-state index in [1.165, 1.54) is 5.69 Å². The van der Waals surface area contributed by atoms with Gasteiger partial charge in [0.25, 0.3) is 0 Å². The first kappa shape index (κ1) is 14.8. The van der Waals surface area contributed by atoms with Gasteiger partial charge in [-0.15, -0.1) is 0 Å². The largest absolute Gasteiger partial charge is 0.353 e. The van der Waals surface area contributed by atoms with Crippen LogP contribution in [0.3, 0.4) is 0 Å². The van der Waals surface area contributed by atoms with Gasteiger partial charge in [0, 0.05) is 63.8 Å². The Morgan fingerprint density at radius 3 is 2.73 bits per heavy atom. The number of hydrogen-bond donors (Lipinski definition) is 1. The Morgan fingerprint density at radius 2 is 2.05 bits per heavy atom. The van der Waals surface area contributed by atoms with Gasteiger partial charge in [-0.25, -0.2) is 0 Å². The number of amides is 1. The van der Waals surface area contributed by atoms with Crippen molar-refractivity contribution in [3.63, 3.8) is 0 Å². The van der Waals surface area contributed by atoms with Crippen LogP contribution < -0.4 is 5.32 Å². The smallest absolute Gasteiger partial charge is 0.223 e. The predicted molar refractivity (Wildman–Crippen MR) is 85.0 cm³/mol. The molecule has 3 heterocycles. The standard InChI is InChI=1S/C17H22N4O/c1-20-9-3-4-15(20)12-19-11-14-10-16(22)21(2)17(14)13-5-7-18-8-6-13/h3-9,14,17,19H,10-12H2,1-2H3/t14-,17-/m0/s1. The van der Waals surface area contributed by atoms with Gasteiger partial charge in [-0.05, 0) is 29.8 Å². The molecule has 0 bridgehead atoms. The summed E-state index contributed by atoms with van der Waals surface area (Å²) in [6.45, 7) is 1.65. The lowest BCUT2D eigenvalue weighted by Gasteiger charge is -2.25. The summed E-state index contributed by atoms with van der Waals surface area (Å²) in [4.78, 5) is 18.0.